The number of fused-ring (bicyclic) bond motifs is 6. The largest absolute Gasteiger partial charge is 0.678 e. The van der Waals surface area contributed by atoms with Crippen molar-refractivity contribution >= 4 is 19.2 Å². The lowest BCUT2D eigenvalue weighted by Crippen LogP contribution is -2.18. The van der Waals surface area contributed by atoms with Crippen molar-refractivity contribution in [2.24, 2.45) is 4.99 Å². The number of aromatic nitrogens is 1. The predicted molar refractivity (Wildman–Crippen MR) is 131 cm³/mol. The molecule has 2 aliphatic carbocycles. The molecular formula is C27H23BF2N2O2. The number of ether oxygens (including phenoxy) is 2. The fourth-order valence-electron chi connectivity index (χ4n) is 5.35. The topological polar surface area (TPSA) is 35.8 Å². The molecule has 7 heteroatoms. The van der Waals surface area contributed by atoms with Crippen LogP contribution >= 0.6 is 0 Å². The zero-order valence-electron chi connectivity index (χ0n) is 19.1. The van der Waals surface area contributed by atoms with Crippen LogP contribution in [-0.4, -0.2) is 31.8 Å². The van der Waals surface area contributed by atoms with Crippen molar-refractivity contribution in [2.75, 3.05) is 14.2 Å². The van der Waals surface area contributed by atoms with Crippen LogP contribution in [0.2, 0.25) is 0 Å². The molecule has 4 nitrogen and oxygen atoms in total. The van der Waals surface area contributed by atoms with Crippen LogP contribution in [0.1, 0.15) is 34.4 Å². The molecule has 0 saturated carbocycles. The molecule has 170 valence electrons. The second kappa shape index (κ2) is 8.01. The van der Waals surface area contributed by atoms with Gasteiger partial charge in [-0.25, -0.2) is 4.99 Å². The third-order valence-corrected chi connectivity index (χ3v) is 6.97. The van der Waals surface area contributed by atoms with Gasteiger partial charge in [0.2, 0.25) is 0 Å². The zero-order chi connectivity index (χ0) is 23.4. The third kappa shape index (κ3) is 3.30. The van der Waals surface area contributed by atoms with Crippen LogP contribution in [0.4, 0.5) is 8.63 Å². The Morgan fingerprint density at radius 3 is 2.21 bits per heavy atom. The average molecular weight is 456 g/mol. The molecule has 3 aromatic rings. The van der Waals surface area contributed by atoms with Crippen molar-refractivity contribution in [1.82, 2.24) is 4.48 Å². The molecule has 0 amide bonds. The number of nitrogens with zero attached hydrogens (tertiary/aromatic N) is 2. The minimum atomic E-state index is -2.65. The highest BCUT2D eigenvalue weighted by Gasteiger charge is 2.31. The monoisotopic (exact) mass is 456 g/mol. The summed E-state index contributed by atoms with van der Waals surface area (Å²) >= 11 is 0. The quantitative estimate of drug-likeness (QED) is 0.468. The molecule has 0 spiro atoms. The molecule has 3 aliphatic rings. The van der Waals surface area contributed by atoms with E-state index in [-0.39, 0.29) is 0 Å². The zero-order valence-corrected chi connectivity index (χ0v) is 19.1. The molecule has 0 fully saturated rings. The molecule has 1 aromatic heterocycles. The highest BCUT2D eigenvalue weighted by atomic mass is 19.2. The summed E-state index contributed by atoms with van der Waals surface area (Å²) in [6.07, 6.45) is 7.12. The summed E-state index contributed by atoms with van der Waals surface area (Å²) in [7, 11) is 0.628. The highest BCUT2D eigenvalue weighted by molar-refractivity contribution is 6.42. The lowest BCUT2D eigenvalue weighted by molar-refractivity contribution is 0.414. The molecule has 0 atom stereocenters. The summed E-state index contributed by atoms with van der Waals surface area (Å²) in [6.45, 7) is 0. The van der Waals surface area contributed by atoms with E-state index < -0.39 is 7.40 Å². The van der Waals surface area contributed by atoms with Crippen molar-refractivity contribution in [2.45, 2.75) is 25.7 Å². The second-order valence-electron chi connectivity index (χ2n) is 8.84. The number of halogens is 2. The smallest absolute Gasteiger partial charge is 0.497 e. The summed E-state index contributed by atoms with van der Waals surface area (Å²) in [6, 6.07) is 13.6. The van der Waals surface area contributed by atoms with Gasteiger partial charge in [0.15, 0.2) is 0 Å². The van der Waals surface area contributed by atoms with Gasteiger partial charge in [-0.3, -0.25) is 8.63 Å². The first-order chi connectivity index (χ1) is 16.6. The maximum absolute atomic E-state index is 14.4. The van der Waals surface area contributed by atoms with Gasteiger partial charge in [0, 0.05) is 22.5 Å². The lowest BCUT2D eigenvalue weighted by atomic mass is 9.87. The number of rotatable bonds is 4. The molecule has 0 unspecified atom stereocenters. The summed E-state index contributed by atoms with van der Waals surface area (Å²) in [5.41, 5.74) is 8.99. The van der Waals surface area contributed by atoms with E-state index in [0.29, 0.717) is 17.1 Å². The molecule has 0 radical (unpaired) electrons. The molecule has 2 heterocycles. The van der Waals surface area contributed by atoms with Gasteiger partial charge in [0.1, 0.15) is 11.5 Å². The number of aryl methyl sites for hydroxylation is 3. The first kappa shape index (κ1) is 21.0. The van der Waals surface area contributed by atoms with Crippen molar-refractivity contribution in [3.63, 3.8) is 0 Å². The molecule has 6 rings (SSSR count). The normalized spacial score (nSPS) is 16.8. The molecule has 0 N–H and O–H groups in total. The Labute approximate surface area is 197 Å². The molecular weight excluding hydrogens is 433 g/mol. The van der Waals surface area contributed by atoms with E-state index in [2.05, 4.69) is 6.07 Å². The number of benzene rings is 2. The van der Waals surface area contributed by atoms with E-state index in [9.17, 15) is 8.63 Å². The number of aliphatic imine (C=N–C) groups is 1. The van der Waals surface area contributed by atoms with Gasteiger partial charge in [0.05, 0.1) is 25.6 Å². The van der Waals surface area contributed by atoms with Gasteiger partial charge >= 0.3 is 7.40 Å². The Hall–Kier alpha value is -3.61. The van der Waals surface area contributed by atoms with Gasteiger partial charge in [-0.2, -0.15) is 0 Å². The van der Waals surface area contributed by atoms with Crippen molar-refractivity contribution in [3.8, 4) is 22.8 Å². The minimum absolute atomic E-state index is 0.480. The van der Waals surface area contributed by atoms with E-state index in [1.54, 1.807) is 20.3 Å². The number of hydrogen-bond acceptors (Lipinski definition) is 3. The van der Waals surface area contributed by atoms with E-state index in [0.717, 1.165) is 75.2 Å². The predicted octanol–water partition coefficient (Wildman–Crippen LogP) is 5.76. The van der Waals surface area contributed by atoms with E-state index >= 15 is 0 Å². The standard InChI is InChI=1S/C27H23BF2N2O2/c1-33-22-7-9-24-16(13-22)3-5-18-11-20(31-26(18)24)15-21-12-19-6-4-17-14-23(34-2)8-10-25(17)27(19)32(21)28(29)30/h7-15H,3-6H2,1-2H3/b20-15-. The van der Waals surface area contributed by atoms with Gasteiger partial charge in [-0.1, -0.05) is 0 Å². The Bertz CT molecular complexity index is 1420. The summed E-state index contributed by atoms with van der Waals surface area (Å²) in [5.74, 6) is 1.58. The van der Waals surface area contributed by atoms with Crippen LogP contribution in [0.3, 0.4) is 0 Å². The van der Waals surface area contributed by atoms with E-state index in [4.69, 9.17) is 14.5 Å². The lowest BCUT2D eigenvalue weighted by Gasteiger charge is -2.20. The second-order valence-corrected chi connectivity index (χ2v) is 8.84. The Morgan fingerprint density at radius 1 is 0.853 bits per heavy atom. The van der Waals surface area contributed by atoms with Crippen molar-refractivity contribution < 1.29 is 18.1 Å². The summed E-state index contributed by atoms with van der Waals surface area (Å²) < 4.78 is 40.6. The summed E-state index contributed by atoms with van der Waals surface area (Å²) in [5, 5.41) is 0. The number of allylic oxidation sites excluding steroid dienone is 2. The fourth-order valence-corrected chi connectivity index (χ4v) is 5.35. The van der Waals surface area contributed by atoms with Crippen LogP contribution in [-0.2, 0) is 19.3 Å². The van der Waals surface area contributed by atoms with Crippen LogP contribution < -0.4 is 9.47 Å². The van der Waals surface area contributed by atoms with Crippen LogP contribution in [0, 0.1) is 0 Å². The molecule has 2 aromatic carbocycles. The SMILES string of the molecule is COc1ccc2c(c1)CCC1=C/C(=C/c3cc4c(n3B(F)F)-c3ccc(OC)cc3CC4)N=C12. The van der Waals surface area contributed by atoms with Crippen molar-refractivity contribution in [1.29, 1.82) is 0 Å². The molecule has 0 saturated heterocycles. The average Bonchev–Trinajstić information content (AvgIpc) is 3.44. The molecule has 0 bridgehead atoms. The van der Waals surface area contributed by atoms with Gasteiger partial charge in [0.25, 0.3) is 0 Å². The van der Waals surface area contributed by atoms with Crippen molar-refractivity contribution in [3.05, 3.63) is 87.8 Å². The number of hydrogen-bond donors (Lipinski definition) is 0. The minimum Gasteiger partial charge on any atom is -0.497 e. The maximum Gasteiger partial charge on any atom is 0.678 e. The fraction of sp³-hybridized carbons (Fsp3) is 0.222. The van der Waals surface area contributed by atoms with Crippen LogP contribution in [0.5, 0.6) is 11.5 Å². The van der Waals surface area contributed by atoms with Gasteiger partial charge in [-0.15, -0.1) is 0 Å². The summed E-state index contributed by atoms with van der Waals surface area (Å²) in [4.78, 5) is 4.85. The first-order valence-corrected chi connectivity index (χ1v) is 11.4. The number of methoxy groups -OCH3 is 2. The molecule has 34 heavy (non-hydrogen) atoms. The first-order valence-electron chi connectivity index (χ1n) is 11.4. The van der Waals surface area contributed by atoms with E-state index in [1.807, 2.05) is 42.5 Å². The Balaban J connectivity index is 1.43. The van der Waals surface area contributed by atoms with Gasteiger partial charge in [-0.05, 0) is 103 Å². The van der Waals surface area contributed by atoms with Crippen LogP contribution in [0.25, 0.3) is 17.3 Å². The Morgan fingerprint density at radius 2 is 1.50 bits per heavy atom. The van der Waals surface area contributed by atoms with Crippen LogP contribution in [0.15, 0.2) is 64.8 Å². The maximum atomic E-state index is 14.4. The third-order valence-electron chi connectivity index (χ3n) is 6.97. The Kier molecular flexibility index (Phi) is 4.94. The molecule has 1 aliphatic heterocycles. The van der Waals surface area contributed by atoms with E-state index in [1.165, 1.54) is 5.56 Å². The highest BCUT2D eigenvalue weighted by Crippen LogP contribution is 2.39. The van der Waals surface area contributed by atoms with Gasteiger partial charge < -0.3 is 14.0 Å².